The molecule has 0 aromatic heterocycles. The van der Waals surface area contributed by atoms with Crippen LogP contribution in [0, 0.1) is 0 Å². The molecule has 0 radical (unpaired) electrons. The Morgan fingerprint density at radius 1 is 1.21 bits per heavy atom. The number of likely N-dealkylation sites (N-methyl/N-ethyl adjacent to an activating group) is 1. The molecular formula is C11H26FNO. The number of hydrogen-bond donors (Lipinski definition) is 0. The van der Waals surface area contributed by atoms with Gasteiger partial charge in [0.2, 0.25) is 0 Å². The fourth-order valence-corrected chi connectivity index (χ4v) is 1.36. The van der Waals surface area contributed by atoms with E-state index in [1.807, 2.05) is 41.7 Å². The van der Waals surface area contributed by atoms with Gasteiger partial charge in [-0.2, -0.15) is 0 Å². The lowest BCUT2D eigenvalue weighted by Crippen LogP contribution is -2.45. The summed E-state index contributed by atoms with van der Waals surface area (Å²) in [4.78, 5) is 2.10. The lowest BCUT2D eigenvalue weighted by atomic mass is 10.2. The van der Waals surface area contributed by atoms with E-state index < -0.39 is 0 Å². The minimum atomic E-state index is -0.366. The quantitative estimate of drug-likeness (QED) is 0.655. The van der Waals surface area contributed by atoms with Crippen LogP contribution in [0.4, 0.5) is 4.39 Å². The minimum absolute atomic E-state index is 0.180. The molecule has 0 saturated carbocycles. The second kappa shape index (κ2) is 10.9. The molecule has 0 N–H and O–H groups in total. The van der Waals surface area contributed by atoms with Crippen molar-refractivity contribution in [2.45, 2.75) is 46.8 Å². The van der Waals surface area contributed by atoms with E-state index in [4.69, 9.17) is 4.74 Å². The van der Waals surface area contributed by atoms with E-state index in [0.717, 1.165) is 13.1 Å². The second-order valence-corrected chi connectivity index (χ2v) is 2.94. The van der Waals surface area contributed by atoms with Crippen molar-refractivity contribution in [3.63, 3.8) is 0 Å². The van der Waals surface area contributed by atoms with Crippen LogP contribution in [-0.4, -0.2) is 43.9 Å². The van der Waals surface area contributed by atoms with Gasteiger partial charge in [-0.25, -0.2) is 4.39 Å². The molecule has 14 heavy (non-hydrogen) atoms. The third-order valence-electron chi connectivity index (χ3n) is 1.68. The van der Waals surface area contributed by atoms with Crippen LogP contribution in [-0.2, 0) is 4.74 Å². The van der Waals surface area contributed by atoms with E-state index in [2.05, 4.69) is 4.90 Å². The SMILES string of the molecule is CC.CC.CC1CN(C)CC(CF)O1. The van der Waals surface area contributed by atoms with Gasteiger partial charge < -0.3 is 9.64 Å². The van der Waals surface area contributed by atoms with Crippen LogP contribution in [0.15, 0.2) is 0 Å². The smallest absolute Gasteiger partial charge is 0.117 e. The molecule has 1 heterocycles. The van der Waals surface area contributed by atoms with E-state index in [1.165, 1.54) is 0 Å². The summed E-state index contributed by atoms with van der Waals surface area (Å²) in [6.45, 7) is 11.2. The van der Waals surface area contributed by atoms with E-state index in [9.17, 15) is 4.39 Å². The van der Waals surface area contributed by atoms with Crippen LogP contribution < -0.4 is 0 Å². The number of nitrogens with zero attached hydrogens (tertiary/aromatic N) is 1. The Morgan fingerprint density at radius 3 is 2.07 bits per heavy atom. The van der Waals surface area contributed by atoms with Gasteiger partial charge >= 0.3 is 0 Å². The fraction of sp³-hybridized carbons (Fsp3) is 1.00. The molecule has 1 saturated heterocycles. The maximum atomic E-state index is 12.1. The van der Waals surface area contributed by atoms with Gasteiger partial charge in [0.05, 0.1) is 12.2 Å². The zero-order valence-electron chi connectivity index (χ0n) is 10.5. The van der Waals surface area contributed by atoms with Gasteiger partial charge in [-0.05, 0) is 14.0 Å². The molecule has 0 aromatic rings. The summed E-state index contributed by atoms with van der Waals surface area (Å²) in [7, 11) is 1.99. The highest BCUT2D eigenvalue weighted by Crippen LogP contribution is 2.08. The first-order valence-corrected chi connectivity index (χ1v) is 5.62. The first-order valence-electron chi connectivity index (χ1n) is 5.62. The molecule has 0 spiro atoms. The number of morpholine rings is 1. The number of alkyl halides is 1. The second-order valence-electron chi connectivity index (χ2n) is 2.94. The van der Waals surface area contributed by atoms with Gasteiger partial charge in [-0.15, -0.1) is 0 Å². The highest BCUT2D eigenvalue weighted by atomic mass is 19.1. The van der Waals surface area contributed by atoms with Crippen molar-refractivity contribution < 1.29 is 9.13 Å². The molecule has 0 amide bonds. The normalized spacial score (nSPS) is 26.8. The Labute approximate surface area is 88.4 Å². The monoisotopic (exact) mass is 207 g/mol. The van der Waals surface area contributed by atoms with Crippen LogP contribution in [0.5, 0.6) is 0 Å². The van der Waals surface area contributed by atoms with Crippen LogP contribution in [0.1, 0.15) is 34.6 Å². The lowest BCUT2D eigenvalue weighted by Gasteiger charge is -2.32. The molecule has 0 bridgehead atoms. The van der Waals surface area contributed by atoms with Gasteiger partial charge in [-0.3, -0.25) is 0 Å². The first kappa shape index (κ1) is 16.3. The van der Waals surface area contributed by atoms with Gasteiger partial charge in [0.25, 0.3) is 0 Å². The van der Waals surface area contributed by atoms with E-state index in [0.29, 0.717) is 0 Å². The van der Waals surface area contributed by atoms with Crippen molar-refractivity contribution in [2.24, 2.45) is 0 Å². The Kier molecular flexibility index (Phi) is 12.7. The third-order valence-corrected chi connectivity index (χ3v) is 1.68. The average molecular weight is 207 g/mol. The van der Waals surface area contributed by atoms with E-state index >= 15 is 0 Å². The average Bonchev–Trinajstić information content (AvgIpc) is 2.22. The summed E-state index contributed by atoms with van der Waals surface area (Å²) < 4.78 is 17.4. The summed E-state index contributed by atoms with van der Waals surface area (Å²) >= 11 is 0. The van der Waals surface area contributed by atoms with Crippen LogP contribution in [0.25, 0.3) is 0 Å². The van der Waals surface area contributed by atoms with Gasteiger partial charge in [-0.1, -0.05) is 27.7 Å². The summed E-state index contributed by atoms with van der Waals surface area (Å²) in [6, 6.07) is 0. The van der Waals surface area contributed by atoms with Crippen molar-refractivity contribution in [3.05, 3.63) is 0 Å². The molecule has 2 atom stereocenters. The molecule has 2 nitrogen and oxygen atoms in total. The van der Waals surface area contributed by atoms with E-state index in [1.54, 1.807) is 0 Å². The van der Waals surface area contributed by atoms with Gasteiger partial charge in [0.15, 0.2) is 0 Å². The fourth-order valence-electron chi connectivity index (χ4n) is 1.36. The van der Waals surface area contributed by atoms with E-state index in [-0.39, 0.29) is 18.9 Å². The Morgan fingerprint density at radius 2 is 1.71 bits per heavy atom. The van der Waals surface area contributed by atoms with Crippen molar-refractivity contribution in [1.29, 1.82) is 0 Å². The first-order chi connectivity index (χ1) is 6.72. The Bertz CT molecular complexity index is 101. The molecule has 0 aliphatic carbocycles. The molecule has 1 aliphatic heterocycles. The van der Waals surface area contributed by atoms with Crippen LogP contribution >= 0.6 is 0 Å². The Balaban J connectivity index is 0. The van der Waals surface area contributed by atoms with Crippen LogP contribution in [0.3, 0.4) is 0 Å². The summed E-state index contributed by atoms with van der Waals surface area (Å²) in [5.74, 6) is 0. The maximum absolute atomic E-state index is 12.1. The molecular weight excluding hydrogens is 181 g/mol. The molecule has 1 aliphatic rings. The highest BCUT2D eigenvalue weighted by Gasteiger charge is 2.21. The number of ether oxygens (including phenoxy) is 1. The topological polar surface area (TPSA) is 12.5 Å². The number of rotatable bonds is 1. The predicted octanol–water partition coefficient (Wildman–Crippen LogP) is 2.73. The molecule has 1 rings (SSSR count). The molecule has 2 unspecified atom stereocenters. The summed E-state index contributed by atoms with van der Waals surface area (Å²) in [5, 5.41) is 0. The van der Waals surface area contributed by atoms with Crippen LogP contribution in [0.2, 0.25) is 0 Å². The number of hydrogen-bond acceptors (Lipinski definition) is 2. The molecule has 88 valence electrons. The van der Waals surface area contributed by atoms with Crippen molar-refractivity contribution in [1.82, 2.24) is 4.90 Å². The highest BCUT2D eigenvalue weighted by molar-refractivity contribution is 4.72. The number of halogens is 1. The standard InChI is InChI=1S/C7H14FNO.2C2H6/c1-6-4-9(2)5-7(3-8)10-6;2*1-2/h6-7H,3-5H2,1-2H3;2*1-2H3. The predicted molar refractivity (Wildman–Crippen MR) is 60.5 cm³/mol. The summed E-state index contributed by atoms with van der Waals surface area (Å²) in [6.07, 6.45) is -0.0201. The van der Waals surface area contributed by atoms with Gasteiger partial charge in [0.1, 0.15) is 6.67 Å². The minimum Gasteiger partial charge on any atom is -0.370 e. The maximum Gasteiger partial charge on any atom is 0.117 e. The molecule has 0 aromatic carbocycles. The molecule has 1 fully saturated rings. The van der Waals surface area contributed by atoms with Gasteiger partial charge in [0, 0.05) is 13.1 Å². The Hall–Kier alpha value is -0.150. The molecule has 3 heteroatoms. The zero-order valence-corrected chi connectivity index (χ0v) is 10.5. The van der Waals surface area contributed by atoms with Crippen molar-refractivity contribution in [3.8, 4) is 0 Å². The van der Waals surface area contributed by atoms with Crippen molar-refractivity contribution >= 4 is 0 Å². The third kappa shape index (κ3) is 7.27. The van der Waals surface area contributed by atoms with Crippen molar-refractivity contribution in [2.75, 3.05) is 26.8 Å². The zero-order chi connectivity index (χ0) is 11.6. The largest absolute Gasteiger partial charge is 0.370 e. The summed E-state index contributed by atoms with van der Waals surface area (Å²) in [5.41, 5.74) is 0. The lowest BCUT2D eigenvalue weighted by molar-refractivity contribution is -0.0774.